The summed E-state index contributed by atoms with van der Waals surface area (Å²) in [7, 11) is 0. The fourth-order valence-corrected chi connectivity index (χ4v) is 4.68. The van der Waals surface area contributed by atoms with Crippen LogP contribution in [0.5, 0.6) is 0 Å². The summed E-state index contributed by atoms with van der Waals surface area (Å²) in [6, 6.07) is 11.0. The van der Waals surface area contributed by atoms with E-state index in [9.17, 15) is 9.18 Å². The van der Waals surface area contributed by atoms with Gasteiger partial charge in [0.1, 0.15) is 17.7 Å². The summed E-state index contributed by atoms with van der Waals surface area (Å²) in [4.78, 5) is 25.5. The molecule has 0 radical (unpaired) electrons. The number of esters is 1. The van der Waals surface area contributed by atoms with Crippen molar-refractivity contribution >= 4 is 23.1 Å². The quantitative estimate of drug-likeness (QED) is 0.442. The summed E-state index contributed by atoms with van der Waals surface area (Å²) in [6.45, 7) is 2.88. The van der Waals surface area contributed by atoms with Crippen LogP contribution in [-0.2, 0) is 16.1 Å². The molecular weight excluding hydrogens is 411 g/mol. The summed E-state index contributed by atoms with van der Waals surface area (Å²) < 4.78 is 25.3. The van der Waals surface area contributed by atoms with Crippen LogP contribution in [-0.4, -0.2) is 52.6 Å². The Bertz CT molecular complexity index is 1050. The summed E-state index contributed by atoms with van der Waals surface area (Å²) in [6.07, 6.45) is 5.77. The maximum Gasteiger partial charge on any atom is 0.329 e. The number of fused-ring (bicyclic) bond motifs is 1. The molecule has 7 nitrogen and oxygen atoms in total. The molecular formula is C24H27FN4O3. The zero-order valence-corrected chi connectivity index (χ0v) is 18.0. The summed E-state index contributed by atoms with van der Waals surface area (Å²) >= 11 is 0. The fraction of sp³-hybridized carbons (Fsp3) is 0.458. The maximum atomic E-state index is 13.4. The Morgan fingerprint density at radius 2 is 2.06 bits per heavy atom. The number of rotatable bonds is 5. The van der Waals surface area contributed by atoms with Crippen molar-refractivity contribution < 1.29 is 18.3 Å². The second-order valence-corrected chi connectivity index (χ2v) is 8.59. The van der Waals surface area contributed by atoms with Crippen molar-refractivity contribution in [3.8, 4) is 0 Å². The minimum atomic E-state index is -0.473. The van der Waals surface area contributed by atoms with Gasteiger partial charge in [0.25, 0.3) is 6.01 Å². The number of piperidine rings is 2. The van der Waals surface area contributed by atoms with E-state index in [1.807, 2.05) is 35.2 Å². The lowest BCUT2D eigenvalue weighted by molar-refractivity contribution is -0.154. The SMILES string of the molecule is O=C(OC1CCCN(Cc2ccnc(F)c2)C1)[C@@H]1CCCCN1c1nc2ccccc2o1. The molecule has 1 aromatic carbocycles. The second-order valence-electron chi connectivity index (χ2n) is 8.59. The molecule has 0 bridgehead atoms. The van der Waals surface area contributed by atoms with Gasteiger partial charge >= 0.3 is 5.97 Å². The number of para-hydroxylation sites is 2. The smallest absolute Gasteiger partial charge is 0.329 e. The Morgan fingerprint density at radius 3 is 2.94 bits per heavy atom. The molecule has 0 aliphatic carbocycles. The van der Waals surface area contributed by atoms with Crippen molar-refractivity contribution in [1.82, 2.24) is 14.9 Å². The van der Waals surface area contributed by atoms with Gasteiger partial charge < -0.3 is 14.1 Å². The van der Waals surface area contributed by atoms with Gasteiger partial charge in [-0.25, -0.2) is 9.78 Å². The number of likely N-dealkylation sites (tertiary alicyclic amines) is 1. The molecule has 4 heterocycles. The van der Waals surface area contributed by atoms with Gasteiger partial charge in [-0.05, 0) is 68.5 Å². The van der Waals surface area contributed by atoms with Crippen molar-refractivity contribution in [2.75, 3.05) is 24.5 Å². The molecule has 2 aliphatic rings. The zero-order chi connectivity index (χ0) is 21.9. The van der Waals surface area contributed by atoms with Crippen LogP contribution >= 0.6 is 0 Å². The van der Waals surface area contributed by atoms with Crippen molar-refractivity contribution in [3.05, 3.63) is 54.1 Å². The van der Waals surface area contributed by atoms with Crippen LogP contribution in [0.3, 0.4) is 0 Å². The average Bonchev–Trinajstić information content (AvgIpc) is 3.24. The van der Waals surface area contributed by atoms with Crippen molar-refractivity contribution in [2.45, 2.75) is 50.8 Å². The zero-order valence-electron chi connectivity index (χ0n) is 18.0. The van der Waals surface area contributed by atoms with Crippen molar-refractivity contribution in [2.24, 2.45) is 0 Å². The predicted molar refractivity (Wildman–Crippen MR) is 118 cm³/mol. The first-order chi connectivity index (χ1) is 15.7. The molecule has 2 fully saturated rings. The van der Waals surface area contributed by atoms with E-state index >= 15 is 0 Å². The van der Waals surface area contributed by atoms with Gasteiger partial charge in [-0.15, -0.1) is 0 Å². The largest absolute Gasteiger partial charge is 0.459 e. The third-order valence-electron chi connectivity index (χ3n) is 6.25. The highest BCUT2D eigenvalue weighted by atomic mass is 19.1. The summed E-state index contributed by atoms with van der Waals surface area (Å²) in [5.74, 6) is -0.687. The van der Waals surface area contributed by atoms with E-state index in [1.54, 1.807) is 0 Å². The number of anilines is 1. The van der Waals surface area contributed by atoms with E-state index in [1.165, 1.54) is 12.3 Å². The lowest BCUT2D eigenvalue weighted by Gasteiger charge is -2.36. The Labute approximate surface area is 186 Å². The normalized spacial score (nSPS) is 22.2. The Morgan fingerprint density at radius 1 is 1.16 bits per heavy atom. The first kappa shape index (κ1) is 20.9. The van der Waals surface area contributed by atoms with Crippen LogP contribution in [0.1, 0.15) is 37.7 Å². The van der Waals surface area contributed by atoms with Crippen LogP contribution in [0.4, 0.5) is 10.4 Å². The van der Waals surface area contributed by atoms with Crippen LogP contribution < -0.4 is 4.90 Å². The molecule has 0 saturated carbocycles. The number of ether oxygens (including phenoxy) is 1. The van der Waals surface area contributed by atoms with E-state index in [0.29, 0.717) is 19.1 Å². The summed E-state index contributed by atoms with van der Waals surface area (Å²) in [5, 5.41) is 0. The van der Waals surface area contributed by atoms with Gasteiger partial charge in [0.2, 0.25) is 5.95 Å². The molecule has 2 saturated heterocycles. The Balaban J connectivity index is 1.24. The topological polar surface area (TPSA) is 71.7 Å². The third kappa shape index (κ3) is 4.60. The highest BCUT2D eigenvalue weighted by molar-refractivity contribution is 5.81. The first-order valence-corrected chi connectivity index (χ1v) is 11.3. The van der Waals surface area contributed by atoms with E-state index in [-0.39, 0.29) is 18.1 Å². The molecule has 2 atom stereocenters. The lowest BCUT2D eigenvalue weighted by Crippen LogP contribution is -2.48. The molecule has 0 N–H and O–H groups in total. The fourth-order valence-electron chi connectivity index (χ4n) is 4.68. The Kier molecular flexibility index (Phi) is 6.03. The van der Waals surface area contributed by atoms with Gasteiger partial charge in [-0.3, -0.25) is 4.90 Å². The monoisotopic (exact) mass is 438 g/mol. The number of benzene rings is 1. The summed E-state index contributed by atoms with van der Waals surface area (Å²) in [5.41, 5.74) is 2.38. The average molecular weight is 439 g/mol. The van der Waals surface area contributed by atoms with Gasteiger partial charge in [-0.2, -0.15) is 9.37 Å². The van der Waals surface area contributed by atoms with Crippen LogP contribution in [0.15, 0.2) is 47.0 Å². The molecule has 32 heavy (non-hydrogen) atoms. The maximum absolute atomic E-state index is 13.4. The number of hydrogen-bond donors (Lipinski definition) is 0. The van der Waals surface area contributed by atoms with Crippen molar-refractivity contribution in [1.29, 1.82) is 0 Å². The molecule has 0 spiro atoms. The van der Waals surface area contributed by atoms with Gasteiger partial charge in [0.05, 0.1) is 0 Å². The first-order valence-electron chi connectivity index (χ1n) is 11.3. The van der Waals surface area contributed by atoms with Gasteiger partial charge in [0, 0.05) is 25.8 Å². The molecule has 0 amide bonds. The number of aromatic nitrogens is 2. The number of carbonyl (C=O) groups excluding carboxylic acids is 1. The minimum Gasteiger partial charge on any atom is -0.459 e. The number of oxazole rings is 1. The number of hydrogen-bond acceptors (Lipinski definition) is 7. The number of pyridine rings is 1. The second kappa shape index (κ2) is 9.24. The number of halogens is 1. The van der Waals surface area contributed by atoms with Gasteiger partial charge in [0.15, 0.2) is 5.58 Å². The number of carbonyl (C=O) groups is 1. The van der Waals surface area contributed by atoms with Crippen LogP contribution in [0.25, 0.3) is 11.1 Å². The number of nitrogens with zero attached hydrogens (tertiary/aromatic N) is 4. The highest BCUT2D eigenvalue weighted by Crippen LogP contribution is 2.29. The van der Waals surface area contributed by atoms with E-state index in [2.05, 4.69) is 14.9 Å². The van der Waals surface area contributed by atoms with Gasteiger partial charge in [-0.1, -0.05) is 12.1 Å². The molecule has 5 rings (SSSR count). The van der Waals surface area contributed by atoms with Crippen molar-refractivity contribution in [3.63, 3.8) is 0 Å². The standard InChI is InChI=1S/C24H27FN4O3/c25-22-14-17(10-11-26-22)15-28-12-5-6-18(16-28)31-23(30)20-8-3-4-13-29(20)24-27-19-7-1-2-9-21(19)32-24/h1-2,7,9-11,14,18,20H,3-6,8,12-13,15-16H2/t18?,20-/m0/s1. The lowest BCUT2D eigenvalue weighted by atomic mass is 10.0. The minimum absolute atomic E-state index is 0.171. The van der Waals surface area contributed by atoms with E-state index < -0.39 is 5.95 Å². The van der Waals surface area contributed by atoms with E-state index in [4.69, 9.17) is 9.15 Å². The predicted octanol–water partition coefficient (Wildman–Crippen LogP) is 3.93. The highest BCUT2D eigenvalue weighted by Gasteiger charge is 2.35. The molecule has 2 aromatic heterocycles. The van der Waals surface area contributed by atoms with Crippen LogP contribution in [0, 0.1) is 5.95 Å². The molecule has 2 aliphatic heterocycles. The van der Waals surface area contributed by atoms with E-state index in [0.717, 1.165) is 61.9 Å². The van der Waals surface area contributed by atoms with Crippen LogP contribution in [0.2, 0.25) is 0 Å². The molecule has 3 aromatic rings. The molecule has 8 heteroatoms. The Hall–Kier alpha value is -3.00. The molecule has 1 unspecified atom stereocenters. The molecule has 168 valence electrons. The third-order valence-corrected chi connectivity index (χ3v) is 6.25.